The van der Waals surface area contributed by atoms with Crippen LogP contribution in [0.1, 0.15) is 35.0 Å². The van der Waals surface area contributed by atoms with Gasteiger partial charge in [0.1, 0.15) is 5.15 Å². The Morgan fingerprint density at radius 1 is 1.21 bits per heavy atom. The first-order chi connectivity index (χ1) is 11.5. The standard InChI is InChI=1S/C17H21ClN4O2/c1-3-9-19-14(23)10-20-17(24)15-12(2)21-22(16(15)18)11-13-7-5-4-6-8-13/h4-8H,3,9-11H2,1-2H3,(H,19,23)(H,20,24). The average molecular weight is 349 g/mol. The maximum Gasteiger partial charge on any atom is 0.256 e. The van der Waals surface area contributed by atoms with E-state index >= 15 is 0 Å². The van der Waals surface area contributed by atoms with Crippen LogP contribution in [0, 0.1) is 6.92 Å². The van der Waals surface area contributed by atoms with Gasteiger partial charge in [0.15, 0.2) is 0 Å². The molecule has 128 valence electrons. The maximum absolute atomic E-state index is 12.3. The molecule has 1 aromatic heterocycles. The number of rotatable bonds is 7. The predicted molar refractivity (Wildman–Crippen MR) is 93.2 cm³/mol. The molecule has 0 aliphatic heterocycles. The Hall–Kier alpha value is -2.34. The summed E-state index contributed by atoms with van der Waals surface area (Å²) in [5.41, 5.74) is 1.87. The van der Waals surface area contributed by atoms with E-state index in [1.54, 1.807) is 11.6 Å². The minimum Gasteiger partial charge on any atom is -0.355 e. The fourth-order valence-electron chi connectivity index (χ4n) is 2.25. The molecule has 6 nitrogen and oxygen atoms in total. The summed E-state index contributed by atoms with van der Waals surface area (Å²) in [5, 5.41) is 9.87. The molecule has 0 aliphatic carbocycles. The van der Waals surface area contributed by atoms with Crippen molar-refractivity contribution in [2.75, 3.05) is 13.1 Å². The van der Waals surface area contributed by atoms with Crippen molar-refractivity contribution in [3.8, 4) is 0 Å². The Kier molecular flexibility index (Phi) is 6.37. The zero-order valence-corrected chi connectivity index (χ0v) is 14.6. The Balaban J connectivity index is 2.05. The molecule has 2 N–H and O–H groups in total. The van der Waals surface area contributed by atoms with Gasteiger partial charge in [-0.2, -0.15) is 5.10 Å². The van der Waals surface area contributed by atoms with Gasteiger partial charge in [0.2, 0.25) is 5.91 Å². The van der Waals surface area contributed by atoms with Gasteiger partial charge in [0.05, 0.1) is 24.3 Å². The number of aryl methyl sites for hydroxylation is 1. The number of nitrogens with zero attached hydrogens (tertiary/aromatic N) is 2. The van der Waals surface area contributed by atoms with E-state index in [9.17, 15) is 9.59 Å². The van der Waals surface area contributed by atoms with E-state index in [-0.39, 0.29) is 17.6 Å². The summed E-state index contributed by atoms with van der Waals surface area (Å²) < 4.78 is 1.58. The van der Waals surface area contributed by atoms with Gasteiger partial charge in [0.25, 0.3) is 5.91 Å². The quantitative estimate of drug-likeness (QED) is 0.805. The molecule has 0 spiro atoms. The van der Waals surface area contributed by atoms with Crippen LogP contribution in [-0.4, -0.2) is 34.7 Å². The molecule has 1 aromatic carbocycles. The van der Waals surface area contributed by atoms with Crippen molar-refractivity contribution in [1.82, 2.24) is 20.4 Å². The van der Waals surface area contributed by atoms with Gasteiger partial charge in [-0.05, 0) is 18.9 Å². The summed E-state index contributed by atoms with van der Waals surface area (Å²) in [5.74, 6) is -0.626. The Morgan fingerprint density at radius 3 is 2.58 bits per heavy atom. The number of benzene rings is 1. The molecule has 2 amide bonds. The van der Waals surface area contributed by atoms with Gasteiger partial charge < -0.3 is 10.6 Å². The number of halogens is 1. The summed E-state index contributed by atoms with van der Waals surface area (Å²) in [6.07, 6.45) is 0.844. The number of amides is 2. The largest absolute Gasteiger partial charge is 0.355 e. The molecule has 0 saturated carbocycles. The highest BCUT2D eigenvalue weighted by molar-refractivity contribution is 6.33. The van der Waals surface area contributed by atoms with Crippen molar-refractivity contribution >= 4 is 23.4 Å². The van der Waals surface area contributed by atoms with Crippen LogP contribution in [0.5, 0.6) is 0 Å². The van der Waals surface area contributed by atoms with Gasteiger partial charge in [-0.15, -0.1) is 0 Å². The summed E-state index contributed by atoms with van der Waals surface area (Å²) in [7, 11) is 0. The van der Waals surface area contributed by atoms with E-state index in [4.69, 9.17) is 11.6 Å². The molecule has 2 rings (SSSR count). The summed E-state index contributed by atoms with van der Waals surface area (Å²) in [4.78, 5) is 23.9. The van der Waals surface area contributed by atoms with E-state index in [0.29, 0.717) is 24.3 Å². The van der Waals surface area contributed by atoms with Crippen molar-refractivity contribution < 1.29 is 9.59 Å². The topological polar surface area (TPSA) is 76.0 Å². The second kappa shape index (κ2) is 8.49. The van der Waals surface area contributed by atoms with E-state index < -0.39 is 5.91 Å². The number of aromatic nitrogens is 2. The fraction of sp³-hybridized carbons (Fsp3) is 0.353. The van der Waals surface area contributed by atoms with Gasteiger partial charge in [-0.1, -0.05) is 48.9 Å². The van der Waals surface area contributed by atoms with Crippen LogP contribution in [0.4, 0.5) is 0 Å². The van der Waals surface area contributed by atoms with Crippen LogP contribution < -0.4 is 10.6 Å². The third kappa shape index (κ3) is 4.58. The van der Waals surface area contributed by atoms with Crippen LogP contribution in [0.3, 0.4) is 0 Å². The second-order valence-electron chi connectivity index (χ2n) is 5.43. The van der Waals surface area contributed by atoms with E-state index in [1.165, 1.54) is 0 Å². The van der Waals surface area contributed by atoms with Crippen molar-refractivity contribution in [3.05, 3.63) is 52.3 Å². The number of hydrogen-bond donors (Lipinski definition) is 2. The van der Waals surface area contributed by atoms with Crippen LogP contribution in [0.2, 0.25) is 5.15 Å². The molecule has 24 heavy (non-hydrogen) atoms. The Labute approximate surface area is 146 Å². The second-order valence-corrected chi connectivity index (χ2v) is 5.79. The lowest BCUT2D eigenvalue weighted by atomic mass is 10.2. The lowest BCUT2D eigenvalue weighted by Crippen LogP contribution is -2.37. The van der Waals surface area contributed by atoms with E-state index in [1.807, 2.05) is 37.3 Å². The van der Waals surface area contributed by atoms with Crippen molar-refractivity contribution in [3.63, 3.8) is 0 Å². The van der Waals surface area contributed by atoms with Crippen molar-refractivity contribution in [2.45, 2.75) is 26.8 Å². The molecule has 2 aromatic rings. The molecule has 0 bridgehead atoms. The molecule has 0 unspecified atom stereocenters. The van der Waals surface area contributed by atoms with E-state index in [2.05, 4.69) is 15.7 Å². The van der Waals surface area contributed by atoms with Crippen LogP contribution in [-0.2, 0) is 11.3 Å². The Bertz CT molecular complexity index is 713. The van der Waals surface area contributed by atoms with E-state index in [0.717, 1.165) is 12.0 Å². The number of carbonyl (C=O) groups excluding carboxylic acids is 2. The minimum atomic E-state index is -0.400. The smallest absolute Gasteiger partial charge is 0.256 e. The molecule has 1 heterocycles. The SMILES string of the molecule is CCCNC(=O)CNC(=O)c1c(C)nn(Cc2ccccc2)c1Cl. The first-order valence-corrected chi connectivity index (χ1v) is 8.22. The zero-order valence-electron chi connectivity index (χ0n) is 13.8. The van der Waals surface area contributed by atoms with Gasteiger partial charge in [-0.25, -0.2) is 4.68 Å². The molecule has 7 heteroatoms. The molecular weight excluding hydrogens is 328 g/mol. The molecule has 0 fully saturated rings. The third-order valence-electron chi connectivity index (χ3n) is 3.45. The summed E-state index contributed by atoms with van der Waals surface area (Å²) >= 11 is 6.31. The highest BCUT2D eigenvalue weighted by Crippen LogP contribution is 2.20. The highest BCUT2D eigenvalue weighted by atomic mass is 35.5. The minimum absolute atomic E-state index is 0.0849. The highest BCUT2D eigenvalue weighted by Gasteiger charge is 2.20. The Morgan fingerprint density at radius 2 is 1.92 bits per heavy atom. The number of nitrogens with one attached hydrogen (secondary N) is 2. The molecule has 0 radical (unpaired) electrons. The molecule has 0 aliphatic rings. The van der Waals surface area contributed by atoms with Gasteiger partial charge >= 0.3 is 0 Å². The van der Waals surface area contributed by atoms with Crippen molar-refractivity contribution in [1.29, 1.82) is 0 Å². The fourth-order valence-corrected chi connectivity index (χ4v) is 2.57. The first kappa shape index (κ1) is 18.0. The average Bonchev–Trinajstić information content (AvgIpc) is 2.85. The normalized spacial score (nSPS) is 10.5. The lowest BCUT2D eigenvalue weighted by molar-refractivity contribution is -0.120. The zero-order chi connectivity index (χ0) is 17.5. The van der Waals surface area contributed by atoms with Crippen LogP contribution in [0.25, 0.3) is 0 Å². The molecular formula is C17H21ClN4O2. The van der Waals surface area contributed by atoms with Crippen molar-refractivity contribution in [2.24, 2.45) is 0 Å². The number of hydrogen-bond acceptors (Lipinski definition) is 3. The first-order valence-electron chi connectivity index (χ1n) is 7.84. The molecule has 0 atom stereocenters. The maximum atomic E-state index is 12.3. The van der Waals surface area contributed by atoms with Crippen LogP contribution in [0.15, 0.2) is 30.3 Å². The monoisotopic (exact) mass is 348 g/mol. The number of carbonyl (C=O) groups is 2. The van der Waals surface area contributed by atoms with Gasteiger partial charge in [-0.3, -0.25) is 9.59 Å². The van der Waals surface area contributed by atoms with Gasteiger partial charge in [0, 0.05) is 6.54 Å². The van der Waals surface area contributed by atoms with Crippen LogP contribution >= 0.6 is 11.6 Å². The lowest BCUT2D eigenvalue weighted by Gasteiger charge is -2.06. The summed E-state index contributed by atoms with van der Waals surface area (Å²) in [6.45, 7) is 4.66. The molecule has 0 saturated heterocycles. The predicted octanol–water partition coefficient (Wildman–Crippen LogP) is 2.15. The summed E-state index contributed by atoms with van der Waals surface area (Å²) in [6, 6.07) is 9.72. The third-order valence-corrected chi connectivity index (χ3v) is 3.83.